The summed E-state index contributed by atoms with van der Waals surface area (Å²) in [5.41, 5.74) is -0.324. The molecule has 2 heteroatoms. The van der Waals surface area contributed by atoms with Gasteiger partial charge in [-0.25, -0.2) is 0 Å². The molecule has 0 saturated carbocycles. The molecule has 0 aliphatic heterocycles. The second-order valence-corrected chi connectivity index (χ2v) is 8.32. The molecular formula is C23H46O2. The molecule has 0 amide bonds. The van der Waals surface area contributed by atoms with Crippen molar-refractivity contribution in [2.45, 2.75) is 130 Å². The normalized spacial score (nSPS) is 11.7. The molecule has 0 saturated heterocycles. The topological polar surface area (TPSA) is 26.3 Å². The first kappa shape index (κ1) is 24.5. The van der Waals surface area contributed by atoms with Gasteiger partial charge >= 0.3 is 5.97 Å². The standard InChI is InChI=1S/C23H46O2/c1-5-7-8-9-10-11-12-13-14-15-16-17-18-19-20-21-25-22(24)23(3,4)6-2/h5-21H2,1-4H3. The molecule has 0 rings (SSSR count). The zero-order valence-corrected chi connectivity index (χ0v) is 17.8. The molecule has 0 radical (unpaired) electrons. The van der Waals surface area contributed by atoms with E-state index >= 15 is 0 Å². The molecule has 0 atom stereocenters. The van der Waals surface area contributed by atoms with Gasteiger partial charge in [0.15, 0.2) is 0 Å². The minimum absolute atomic E-state index is 0.0413. The van der Waals surface area contributed by atoms with Gasteiger partial charge < -0.3 is 4.74 Å². The van der Waals surface area contributed by atoms with Crippen molar-refractivity contribution in [1.82, 2.24) is 0 Å². The zero-order chi connectivity index (χ0) is 18.8. The van der Waals surface area contributed by atoms with E-state index in [1.165, 1.54) is 89.9 Å². The number of unbranched alkanes of at least 4 members (excludes halogenated alkanes) is 14. The van der Waals surface area contributed by atoms with E-state index < -0.39 is 0 Å². The maximum absolute atomic E-state index is 11.8. The van der Waals surface area contributed by atoms with Crippen LogP contribution in [-0.4, -0.2) is 12.6 Å². The Morgan fingerprint density at radius 1 is 0.640 bits per heavy atom. The van der Waals surface area contributed by atoms with Crippen LogP contribution < -0.4 is 0 Å². The summed E-state index contributed by atoms with van der Waals surface area (Å²) in [5.74, 6) is -0.0413. The summed E-state index contributed by atoms with van der Waals surface area (Å²) >= 11 is 0. The molecule has 0 aromatic rings. The molecule has 0 aromatic heterocycles. The lowest BCUT2D eigenvalue weighted by Gasteiger charge is -2.20. The van der Waals surface area contributed by atoms with Crippen molar-refractivity contribution in [3.8, 4) is 0 Å². The first-order chi connectivity index (χ1) is 12.0. The lowest BCUT2D eigenvalue weighted by Crippen LogP contribution is -2.26. The van der Waals surface area contributed by atoms with Crippen LogP contribution >= 0.6 is 0 Å². The number of carbonyl (C=O) groups excluding carboxylic acids is 1. The molecule has 2 nitrogen and oxygen atoms in total. The highest BCUT2D eigenvalue weighted by atomic mass is 16.5. The second kappa shape index (κ2) is 16.9. The first-order valence-corrected chi connectivity index (χ1v) is 11.2. The van der Waals surface area contributed by atoms with E-state index in [2.05, 4.69) is 6.92 Å². The van der Waals surface area contributed by atoms with Gasteiger partial charge in [-0.3, -0.25) is 4.79 Å². The van der Waals surface area contributed by atoms with Crippen molar-refractivity contribution >= 4 is 5.97 Å². The summed E-state index contributed by atoms with van der Waals surface area (Å²) in [4.78, 5) is 11.8. The van der Waals surface area contributed by atoms with Gasteiger partial charge in [0.1, 0.15) is 0 Å². The zero-order valence-electron chi connectivity index (χ0n) is 17.8. The summed E-state index contributed by atoms with van der Waals surface area (Å²) in [6.07, 6.45) is 21.3. The Bertz CT molecular complexity index is 296. The number of hydrogen-bond acceptors (Lipinski definition) is 2. The van der Waals surface area contributed by atoms with Crippen LogP contribution in [0.5, 0.6) is 0 Å². The van der Waals surface area contributed by atoms with Crippen LogP contribution in [0.15, 0.2) is 0 Å². The Balaban J connectivity index is 3.18. The predicted octanol–water partition coefficient (Wildman–Crippen LogP) is 7.84. The molecule has 0 N–H and O–H groups in total. The molecule has 0 bridgehead atoms. The van der Waals surface area contributed by atoms with Crippen molar-refractivity contribution in [2.24, 2.45) is 5.41 Å². The van der Waals surface area contributed by atoms with Crippen LogP contribution in [0.25, 0.3) is 0 Å². The van der Waals surface area contributed by atoms with Gasteiger partial charge in [0.2, 0.25) is 0 Å². The number of rotatable bonds is 18. The summed E-state index contributed by atoms with van der Waals surface area (Å²) in [6, 6.07) is 0. The van der Waals surface area contributed by atoms with Crippen LogP contribution in [0, 0.1) is 5.41 Å². The van der Waals surface area contributed by atoms with E-state index in [0.717, 1.165) is 12.8 Å². The molecule has 0 aliphatic rings. The first-order valence-electron chi connectivity index (χ1n) is 11.2. The van der Waals surface area contributed by atoms with Crippen molar-refractivity contribution in [2.75, 3.05) is 6.61 Å². The van der Waals surface area contributed by atoms with Crippen molar-refractivity contribution in [1.29, 1.82) is 0 Å². The van der Waals surface area contributed by atoms with Gasteiger partial charge in [-0.1, -0.05) is 104 Å². The number of hydrogen-bond donors (Lipinski definition) is 0. The fourth-order valence-electron chi connectivity index (χ4n) is 2.98. The Labute approximate surface area is 158 Å². The van der Waals surface area contributed by atoms with E-state index in [1.807, 2.05) is 20.8 Å². The van der Waals surface area contributed by atoms with Gasteiger partial charge in [0.05, 0.1) is 12.0 Å². The highest BCUT2D eigenvalue weighted by Crippen LogP contribution is 2.21. The van der Waals surface area contributed by atoms with Gasteiger partial charge in [0, 0.05) is 0 Å². The highest BCUT2D eigenvalue weighted by molar-refractivity contribution is 5.75. The summed E-state index contributed by atoms with van der Waals surface area (Å²) in [7, 11) is 0. The van der Waals surface area contributed by atoms with Crippen LogP contribution in [0.2, 0.25) is 0 Å². The fourth-order valence-corrected chi connectivity index (χ4v) is 2.98. The minimum Gasteiger partial charge on any atom is -0.465 e. The predicted molar refractivity (Wildman–Crippen MR) is 110 cm³/mol. The fraction of sp³-hybridized carbons (Fsp3) is 0.957. The van der Waals surface area contributed by atoms with E-state index in [1.54, 1.807) is 0 Å². The average molecular weight is 355 g/mol. The number of esters is 1. The van der Waals surface area contributed by atoms with Gasteiger partial charge in [-0.15, -0.1) is 0 Å². The molecule has 0 aliphatic carbocycles. The van der Waals surface area contributed by atoms with Crippen molar-refractivity contribution < 1.29 is 9.53 Å². The van der Waals surface area contributed by atoms with E-state index in [9.17, 15) is 4.79 Å². The lowest BCUT2D eigenvalue weighted by atomic mass is 9.91. The Morgan fingerprint density at radius 2 is 1.00 bits per heavy atom. The largest absolute Gasteiger partial charge is 0.465 e. The van der Waals surface area contributed by atoms with Crippen LogP contribution in [0.1, 0.15) is 130 Å². The molecule has 25 heavy (non-hydrogen) atoms. The highest BCUT2D eigenvalue weighted by Gasteiger charge is 2.26. The Kier molecular flexibility index (Phi) is 16.6. The van der Waals surface area contributed by atoms with E-state index in [-0.39, 0.29) is 11.4 Å². The number of ether oxygens (including phenoxy) is 1. The van der Waals surface area contributed by atoms with Gasteiger partial charge in [-0.2, -0.15) is 0 Å². The number of carbonyl (C=O) groups is 1. The maximum atomic E-state index is 11.8. The SMILES string of the molecule is CCCCCCCCCCCCCCCCCOC(=O)C(C)(C)CC. The molecule has 0 spiro atoms. The lowest BCUT2D eigenvalue weighted by molar-refractivity contribution is -0.154. The summed E-state index contributed by atoms with van der Waals surface area (Å²) in [5, 5.41) is 0. The Morgan fingerprint density at radius 3 is 1.36 bits per heavy atom. The Hall–Kier alpha value is -0.530. The van der Waals surface area contributed by atoms with Gasteiger partial charge in [0.25, 0.3) is 0 Å². The quantitative estimate of drug-likeness (QED) is 0.185. The molecule has 0 heterocycles. The van der Waals surface area contributed by atoms with Crippen molar-refractivity contribution in [3.05, 3.63) is 0 Å². The summed E-state index contributed by atoms with van der Waals surface area (Å²) in [6.45, 7) is 8.84. The maximum Gasteiger partial charge on any atom is 0.311 e. The second-order valence-electron chi connectivity index (χ2n) is 8.32. The average Bonchev–Trinajstić information content (AvgIpc) is 2.61. The van der Waals surface area contributed by atoms with Crippen molar-refractivity contribution in [3.63, 3.8) is 0 Å². The van der Waals surface area contributed by atoms with E-state index in [0.29, 0.717) is 6.61 Å². The van der Waals surface area contributed by atoms with E-state index in [4.69, 9.17) is 4.74 Å². The smallest absolute Gasteiger partial charge is 0.311 e. The molecule has 0 unspecified atom stereocenters. The molecule has 150 valence electrons. The third-order valence-corrected chi connectivity index (χ3v) is 5.42. The summed E-state index contributed by atoms with van der Waals surface area (Å²) < 4.78 is 5.37. The minimum atomic E-state index is -0.324. The van der Waals surface area contributed by atoms with Crippen LogP contribution in [-0.2, 0) is 9.53 Å². The molecule has 0 aromatic carbocycles. The molecule has 0 fully saturated rings. The van der Waals surface area contributed by atoms with Gasteiger partial charge in [-0.05, 0) is 26.7 Å². The van der Waals surface area contributed by atoms with Crippen LogP contribution in [0.4, 0.5) is 0 Å². The molecular weight excluding hydrogens is 308 g/mol. The third-order valence-electron chi connectivity index (χ3n) is 5.42. The monoisotopic (exact) mass is 354 g/mol. The van der Waals surface area contributed by atoms with Crippen LogP contribution in [0.3, 0.4) is 0 Å². The third kappa shape index (κ3) is 15.4.